The highest BCUT2D eigenvalue weighted by Gasteiger charge is 1.75. The third kappa shape index (κ3) is 6.67. The highest BCUT2D eigenvalue weighted by molar-refractivity contribution is 8.02. The average molecular weight is 157 g/mol. The second-order valence-corrected chi connectivity index (χ2v) is 2.47. The second-order valence-electron chi connectivity index (χ2n) is 0.822. The Balaban J connectivity index is 2.69. The van der Waals surface area contributed by atoms with Gasteiger partial charge in [0.05, 0.1) is 0 Å². The topological polar surface area (TPSA) is 0 Å². The Morgan fingerprint density at radius 3 is 2.71 bits per heavy atom. The fourth-order valence-corrected chi connectivity index (χ4v) is 0.932. The molecule has 0 saturated carbocycles. The van der Waals surface area contributed by atoms with Gasteiger partial charge in [-0.2, -0.15) is 0 Å². The van der Waals surface area contributed by atoms with E-state index in [1.54, 1.807) is 11.8 Å². The summed E-state index contributed by atoms with van der Waals surface area (Å²) < 4.78 is 0. The van der Waals surface area contributed by atoms with Crippen molar-refractivity contribution in [3.63, 3.8) is 0 Å². The summed E-state index contributed by atoms with van der Waals surface area (Å²) in [4.78, 5) is 0. The molecule has 0 spiro atoms. The quantitative estimate of drug-likeness (QED) is 0.448. The Labute approximate surface area is 57.9 Å². The molecule has 0 nitrogen and oxygen atoms in total. The molecule has 0 rings (SSSR count). The Kier molecular flexibility index (Phi) is 7.31. The molecule has 0 atom stereocenters. The molecule has 0 aromatic carbocycles. The number of rotatable bonds is 3. The van der Waals surface area contributed by atoms with E-state index >= 15 is 0 Å². The van der Waals surface area contributed by atoms with Crippen LogP contribution in [0, 0.1) is 0 Å². The molecule has 0 aromatic rings. The largest absolute Gasteiger partial charge is 0.132 e. The minimum atomic E-state index is 0.686. The van der Waals surface area contributed by atoms with E-state index < -0.39 is 0 Å². The van der Waals surface area contributed by atoms with Crippen LogP contribution in [0.1, 0.15) is 0 Å². The predicted molar refractivity (Wildman–Crippen MR) is 38.2 cm³/mol. The highest BCUT2D eigenvalue weighted by atomic mass is 35.5. The van der Waals surface area contributed by atoms with Gasteiger partial charge in [-0.15, -0.1) is 23.4 Å². The van der Waals surface area contributed by atoms with Gasteiger partial charge in [-0.1, -0.05) is 11.6 Å². The maximum Gasteiger partial charge on any atom is 0.0317 e. The van der Waals surface area contributed by atoms with Crippen molar-refractivity contribution in [1.29, 1.82) is 0 Å². The van der Waals surface area contributed by atoms with Crippen LogP contribution in [-0.2, 0) is 0 Å². The molecule has 42 valence electrons. The van der Waals surface area contributed by atoms with Crippen LogP contribution in [0.5, 0.6) is 0 Å². The van der Waals surface area contributed by atoms with E-state index in [0.29, 0.717) is 5.88 Å². The molecule has 0 aliphatic heterocycles. The first-order chi connectivity index (χ1) is 3.41. The number of halogens is 2. The van der Waals surface area contributed by atoms with Crippen molar-refractivity contribution in [2.75, 3.05) is 11.6 Å². The molecule has 0 aromatic heterocycles. The summed E-state index contributed by atoms with van der Waals surface area (Å²) in [5.41, 5.74) is 1.48. The van der Waals surface area contributed by atoms with E-state index in [1.807, 2.05) is 5.41 Å². The summed E-state index contributed by atoms with van der Waals surface area (Å²) in [5.74, 6) is 1.62. The fraction of sp³-hybridized carbons (Fsp3) is 0.500. The maximum atomic E-state index is 5.34. The molecule has 0 N–H and O–H groups in total. The van der Waals surface area contributed by atoms with Gasteiger partial charge >= 0.3 is 0 Å². The minimum absolute atomic E-state index is 0.686. The van der Waals surface area contributed by atoms with E-state index in [2.05, 4.69) is 0 Å². The SMILES string of the molecule is Cl/C=C/SCCCl. The van der Waals surface area contributed by atoms with Crippen molar-refractivity contribution in [3.8, 4) is 0 Å². The minimum Gasteiger partial charge on any atom is -0.132 e. The van der Waals surface area contributed by atoms with Crippen LogP contribution in [0.2, 0.25) is 0 Å². The van der Waals surface area contributed by atoms with Crippen molar-refractivity contribution in [2.24, 2.45) is 0 Å². The van der Waals surface area contributed by atoms with Crippen molar-refractivity contribution < 1.29 is 0 Å². The molecule has 0 radical (unpaired) electrons. The zero-order chi connectivity index (χ0) is 5.54. The average Bonchev–Trinajstić information content (AvgIpc) is 1.69. The molecule has 0 heterocycles. The Morgan fingerprint density at radius 2 is 2.29 bits per heavy atom. The van der Waals surface area contributed by atoms with Gasteiger partial charge in [0.1, 0.15) is 0 Å². The zero-order valence-corrected chi connectivity index (χ0v) is 6.06. The van der Waals surface area contributed by atoms with E-state index in [-0.39, 0.29) is 0 Å². The normalized spacial score (nSPS) is 10.6. The molecule has 0 aliphatic rings. The summed E-state index contributed by atoms with van der Waals surface area (Å²) in [6, 6.07) is 0. The van der Waals surface area contributed by atoms with E-state index in [0.717, 1.165) is 5.75 Å². The lowest BCUT2D eigenvalue weighted by atomic mass is 11.0. The molecule has 7 heavy (non-hydrogen) atoms. The van der Waals surface area contributed by atoms with Gasteiger partial charge in [-0.3, -0.25) is 0 Å². The third-order valence-electron chi connectivity index (χ3n) is 0.343. The van der Waals surface area contributed by atoms with E-state index in [9.17, 15) is 0 Å². The van der Waals surface area contributed by atoms with Crippen molar-refractivity contribution in [1.82, 2.24) is 0 Å². The van der Waals surface area contributed by atoms with Crippen LogP contribution < -0.4 is 0 Å². The highest BCUT2D eigenvalue weighted by Crippen LogP contribution is 2.02. The second kappa shape index (κ2) is 6.67. The van der Waals surface area contributed by atoms with Crippen LogP contribution in [-0.4, -0.2) is 11.6 Å². The molecular weight excluding hydrogens is 151 g/mol. The van der Waals surface area contributed by atoms with Gasteiger partial charge in [0.15, 0.2) is 0 Å². The summed E-state index contributed by atoms with van der Waals surface area (Å²) in [5, 5.41) is 1.81. The smallest absolute Gasteiger partial charge is 0.0317 e. The Hall–Kier alpha value is 0.670. The standard InChI is InChI=1S/C4H6Cl2S/c5-1-3-7-4-2-6/h1,3H,2,4H2/b3-1+. The maximum absolute atomic E-state index is 5.34. The van der Waals surface area contributed by atoms with Gasteiger partial charge in [-0.25, -0.2) is 0 Å². The number of hydrogen-bond acceptors (Lipinski definition) is 1. The van der Waals surface area contributed by atoms with Gasteiger partial charge in [-0.05, 0) is 5.41 Å². The number of thioether (sulfide) groups is 1. The zero-order valence-electron chi connectivity index (χ0n) is 3.73. The molecule has 0 saturated heterocycles. The Bertz CT molecular complexity index is 53.7. The molecule has 3 heteroatoms. The first-order valence-electron chi connectivity index (χ1n) is 1.84. The van der Waals surface area contributed by atoms with Crippen LogP contribution >= 0.6 is 35.0 Å². The van der Waals surface area contributed by atoms with E-state index in [1.165, 1.54) is 5.54 Å². The van der Waals surface area contributed by atoms with Crippen molar-refractivity contribution >= 4 is 35.0 Å². The predicted octanol–water partition coefficient (Wildman–Crippen LogP) is 2.67. The lowest BCUT2D eigenvalue weighted by Crippen LogP contribution is -1.71. The summed E-state index contributed by atoms with van der Waals surface area (Å²) >= 11 is 12.1. The van der Waals surface area contributed by atoms with Crippen LogP contribution in [0.4, 0.5) is 0 Å². The molecule has 0 aliphatic carbocycles. The van der Waals surface area contributed by atoms with Gasteiger partial charge in [0.25, 0.3) is 0 Å². The molecular formula is C4H6Cl2S. The fourth-order valence-electron chi connectivity index (χ4n) is 0.149. The lowest BCUT2D eigenvalue weighted by molar-refractivity contribution is 1.55. The van der Waals surface area contributed by atoms with Crippen LogP contribution in [0.15, 0.2) is 10.9 Å². The molecule has 0 unspecified atom stereocenters. The molecule has 0 bridgehead atoms. The van der Waals surface area contributed by atoms with Gasteiger partial charge in [0.2, 0.25) is 0 Å². The first-order valence-corrected chi connectivity index (χ1v) is 3.86. The number of alkyl halides is 1. The summed E-state index contributed by atoms with van der Waals surface area (Å²) in [7, 11) is 0. The van der Waals surface area contributed by atoms with Crippen LogP contribution in [0.25, 0.3) is 0 Å². The Morgan fingerprint density at radius 1 is 1.57 bits per heavy atom. The molecule has 0 amide bonds. The monoisotopic (exact) mass is 156 g/mol. The van der Waals surface area contributed by atoms with Gasteiger partial charge < -0.3 is 0 Å². The van der Waals surface area contributed by atoms with Crippen molar-refractivity contribution in [3.05, 3.63) is 10.9 Å². The summed E-state index contributed by atoms with van der Waals surface area (Å²) in [6.07, 6.45) is 0. The van der Waals surface area contributed by atoms with Gasteiger partial charge in [0, 0.05) is 17.2 Å². The lowest BCUT2D eigenvalue weighted by Gasteiger charge is -1.82. The van der Waals surface area contributed by atoms with Crippen LogP contribution in [0.3, 0.4) is 0 Å². The van der Waals surface area contributed by atoms with E-state index in [4.69, 9.17) is 23.2 Å². The summed E-state index contributed by atoms with van der Waals surface area (Å²) in [6.45, 7) is 0. The molecule has 0 fully saturated rings. The van der Waals surface area contributed by atoms with Crippen molar-refractivity contribution in [2.45, 2.75) is 0 Å². The number of hydrogen-bond donors (Lipinski definition) is 0. The first kappa shape index (κ1) is 7.67. The third-order valence-corrected chi connectivity index (χ3v) is 1.80.